The van der Waals surface area contributed by atoms with Crippen LogP contribution in [0.25, 0.3) is 0 Å². The van der Waals surface area contributed by atoms with E-state index in [0.29, 0.717) is 31.7 Å². The lowest BCUT2D eigenvalue weighted by atomic mass is 9.99. The van der Waals surface area contributed by atoms with Crippen molar-refractivity contribution in [3.63, 3.8) is 0 Å². The van der Waals surface area contributed by atoms with E-state index in [4.69, 9.17) is 9.84 Å². The number of carboxylic acid groups (broad SMARTS) is 1. The van der Waals surface area contributed by atoms with Crippen molar-refractivity contribution in [2.75, 3.05) is 25.0 Å². The van der Waals surface area contributed by atoms with Gasteiger partial charge in [-0.05, 0) is 44.0 Å². The lowest BCUT2D eigenvalue weighted by Gasteiger charge is -2.30. The molecule has 2 N–H and O–H groups in total. The first-order valence-electron chi connectivity index (χ1n) is 7.11. The van der Waals surface area contributed by atoms with Gasteiger partial charge >= 0.3 is 12.0 Å². The van der Waals surface area contributed by atoms with Crippen LogP contribution in [0.2, 0.25) is 0 Å². The largest absolute Gasteiger partial charge is 0.494 e. The van der Waals surface area contributed by atoms with E-state index in [1.54, 1.807) is 29.2 Å². The highest BCUT2D eigenvalue weighted by Gasteiger charge is 2.28. The van der Waals surface area contributed by atoms with E-state index < -0.39 is 11.9 Å². The minimum Gasteiger partial charge on any atom is -0.494 e. The molecule has 1 aliphatic heterocycles. The number of amides is 2. The zero-order chi connectivity index (χ0) is 15.2. The van der Waals surface area contributed by atoms with Crippen LogP contribution in [0.1, 0.15) is 19.8 Å². The maximum absolute atomic E-state index is 12.1. The second kappa shape index (κ2) is 6.97. The number of hydrogen-bond donors (Lipinski definition) is 2. The molecule has 1 aliphatic rings. The van der Waals surface area contributed by atoms with Crippen LogP contribution in [-0.4, -0.2) is 41.7 Å². The second-order valence-corrected chi connectivity index (χ2v) is 5.01. The van der Waals surface area contributed by atoms with Gasteiger partial charge in [0, 0.05) is 18.8 Å². The molecule has 1 saturated heterocycles. The molecule has 1 aromatic carbocycles. The van der Waals surface area contributed by atoms with Crippen molar-refractivity contribution in [3.05, 3.63) is 24.3 Å². The molecule has 0 aliphatic carbocycles. The monoisotopic (exact) mass is 292 g/mol. The Hall–Kier alpha value is -2.24. The van der Waals surface area contributed by atoms with Gasteiger partial charge in [-0.1, -0.05) is 0 Å². The van der Waals surface area contributed by atoms with Crippen LogP contribution in [0.3, 0.4) is 0 Å². The summed E-state index contributed by atoms with van der Waals surface area (Å²) < 4.78 is 5.33. The summed E-state index contributed by atoms with van der Waals surface area (Å²) in [4.78, 5) is 24.7. The summed E-state index contributed by atoms with van der Waals surface area (Å²) in [5, 5.41) is 11.8. The number of nitrogens with zero attached hydrogens (tertiary/aromatic N) is 1. The molecule has 1 aromatic rings. The van der Waals surface area contributed by atoms with Crippen LogP contribution in [0.15, 0.2) is 24.3 Å². The maximum Gasteiger partial charge on any atom is 0.321 e. The minimum absolute atomic E-state index is 0.259. The fourth-order valence-electron chi connectivity index (χ4n) is 2.37. The highest BCUT2D eigenvalue weighted by molar-refractivity contribution is 5.89. The van der Waals surface area contributed by atoms with Crippen molar-refractivity contribution < 1.29 is 19.4 Å². The SMILES string of the molecule is CCOc1ccc(NC(=O)N2CCC[C@H](C(=O)O)C2)cc1. The van der Waals surface area contributed by atoms with Crippen molar-refractivity contribution in [2.45, 2.75) is 19.8 Å². The second-order valence-electron chi connectivity index (χ2n) is 5.01. The summed E-state index contributed by atoms with van der Waals surface area (Å²) in [6.45, 7) is 3.35. The Kier molecular flexibility index (Phi) is 5.03. The Morgan fingerprint density at radius 2 is 2.10 bits per heavy atom. The topological polar surface area (TPSA) is 78.9 Å². The predicted molar refractivity (Wildman–Crippen MR) is 78.6 cm³/mol. The van der Waals surface area contributed by atoms with Crippen LogP contribution in [0.4, 0.5) is 10.5 Å². The number of benzene rings is 1. The number of nitrogens with one attached hydrogen (secondary N) is 1. The van der Waals surface area contributed by atoms with E-state index in [1.165, 1.54) is 0 Å². The average Bonchev–Trinajstić information content (AvgIpc) is 2.49. The molecule has 1 fully saturated rings. The van der Waals surface area contributed by atoms with Gasteiger partial charge < -0.3 is 20.1 Å². The van der Waals surface area contributed by atoms with E-state index in [2.05, 4.69) is 5.32 Å². The number of piperidine rings is 1. The number of carbonyl (C=O) groups is 2. The number of ether oxygens (including phenoxy) is 1. The molecule has 0 spiro atoms. The molecule has 0 bridgehead atoms. The fraction of sp³-hybridized carbons (Fsp3) is 0.467. The molecular weight excluding hydrogens is 272 g/mol. The molecule has 114 valence electrons. The summed E-state index contributed by atoms with van der Waals surface area (Å²) in [7, 11) is 0. The first-order chi connectivity index (χ1) is 10.1. The van der Waals surface area contributed by atoms with Gasteiger partial charge in [-0.3, -0.25) is 4.79 Å². The molecule has 6 nitrogen and oxygen atoms in total. The lowest BCUT2D eigenvalue weighted by molar-refractivity contribution is -0.143. The Labute approximate surface area is 123 Å². The van der Waals surface area contributed by atoms with Gasteiger partial charge in [-0.2, -0.15) is 0 Å². The highest BCUT2D eigenvalue weighted by atomic mass is 16.5. The van der Waals surface area contributed by atoms with Crippen LogP contribution in [0, 0.1) is 5.92 Å². The Morgan fingerprint density at radius 1 is 1.38 bits per heavy atom. The number of aliphatic carboxylic acids is 1. The molecule has 21 heavy (non-hydrogen) atoms. The lowest BCUT2D eigenvalue weighted by Crippen LogP contribution is -2.44. The molecule has 0 radical (unpaired) electrons. The first kappa shape index (κ1) is 15.2. The number of rotatable bonds is 4. The molecule has 0 unspecified atom stereocenters. The zero-order valence-electron chi connectivity index (χ0n) is 12.0. The predicted octanol–water partition coefficient (Wildman–Crippen LogP) is 2.41. The molecule has 2 rings (SSSR count). The normalized spacial score (nSPS) is 18.1. The van der Waals surface area contributed by atoms with E-state index >= 15 is 0 Å². The zero-order valence-corrected chi connectivity index (χ0v) is 12.0. The third-order valence-electron chi connectivity index (χ3n) is 3.47. The van der Waals surface area contributed by atoms with Gasteiger partial charge in [0.1, 0.15) is 5.75 Å². The number of anilines is 1. The van der Waals surface area contributed by atoms with Crippen molar-refractivity contribution in [1.82, 2.24) is 4.90 Å². The van der Waals surface area contributed by atoms with Gasteiger partial charge in [-0.25, -0.2) is 4.79 Å². The van der Waals surface area contributed by atoms with E-state index in [-0.39, 0.29) is 12.6 Å². The van der Waals surface area contributed by atoms with Crippen molar-refractivity contribution in [3.8, 4) is 5.75 Å². The van der Waals surface area contributed by atoms with Gasteiger partial charge in [0.05, 0.1) is 12.5 Å². The summed E-state index contributed by atoms with van der Waals surface area (Å²) >= 11 is 0. The number of urea groups is 1. The summed E-state index contributed by atoms with van der Waals surface area (Å²) in [6.07, 6.45) is 1.34. The van der Waals surface area contributed by atoms with Gasteiger partial charge in [0.15, 0.2) is 0 Å². The third kappa shape index (κ3) is 4.11. The number of hydrogen-bond acceptors (Lipinski definition) is 3. The molecular formula is C15H20N2O4. The fourth-order valence-corrected chi connectivity index (χ4v) is 2.37. The van der Waals surface area contributed by atoms with Crippen molar-refractivity contribution in [2.24, 2.45) is 5.92 Å². The van der Waals surface area contributed by atoms with Crippen LogP contribution in [0.5, 0.6) is 5.75 Å². The first-order valence-corrected chi connectivity index (χ1v) is 7.11. The third-order valence-corrected chi connectivity index (χ3v) is 3.47. The summed E-state index contributed by atoms with van der Waals surface area (Å²) in [6, 6.07) is 6.85. The number of carbonyl (C=O) groups excluding carboxylic acids is 1. The summed E-state index contributed by atoms with van der Waals surface area (Å²) in [5.74, 6) is -0.558. The van der Waals surface area contributed by atoms with Crippen molar-refractivity contribution >= 4 is 17.7 Å². The summed E-state index contributed by atoms with van der Waals surface area (Å²) in [5.41, 5.74) is 0.668. The van der Waals surface area contributed by atoms with Crippen LogP contribution in [-0.2, 0) is 4.79 Å². The molecule has 1 heterocycles. The van der Waals surface area contributed by atoms with Gasteiger partial charge in [0.25, 0.3) is 0 Å². The maximum atomic E-state index is 12.1. The smallest absolute Gasteiger partial charge is 0.321 e. The molecule has 0 saturated carbocycles. The van der Waals surface area contributed by atoms with Crippen LogP contribution >= 0.6 is 0 Å². The Balaban J connectivity index is 1.92. The van der Waals surface area contributed by atoms with Gasteiger partial charge in [0.2, 0.25) is 0 Å². The average molecular weight is 292 g/mol. The van der Waals surface area contributed by atoms with Crippen LogP contribution < -0.4 is 10.1 Å². The Morgan fingerprint density at radius 3 is 2.71 bits per heavy atom. The molecule has 2 amide bonds. The number of likely N-dealkylation sites (tertiary alicyclic amines) is 1. The minimum atomic E-state index is -0.839. The standard InChI is InChI=1S/C15H20N2O4/c1-2-21-13-7-5-12(6-8-13)16-15(20)17-9-3-4-11(10-17)14(18)19/h5-8,11H,2-4,9-10H2,1H3,(H,16,20)(H,18,19)/t11-/m0/s1. The molecule has 0 aromatic heterocycles. The van der Waals surface area contributed by atoms with E-state index in [0.717, 1.165) is 5.75 Å². The van der Waals surface area contributed by atoms with Crippen molar-refractivity contribution in [1.29, 1.82) is 0 Å². The molecule has 1 atom stereocenters. The molecule has 6 heteroatoms. The highest BCUT2D eigenvalue weighted by Crippen LogP contribution is 2.19. The number of carboxylic acids is 1. The van der Waals surface area contributed by atoms with E-state index in [1.807, 2.05) is 6.92 Å². The van der Waals surface area contributed by atoms with Gasteiger partial charge in [-0.15, -0.1) is 0 Å². The Bertz CT molecular complexity index is 501. The quantitative estimate of drug-likeness (QED) is 0.893. The van der Waals surface area contributed by atoms with E-state index in [9.17, 15) is 9.59 Å².